The maximum atomic E-state index is 12.7. The van der Waals surface area contributed by atoms with E-state index in [9.17, 15) is 18.3 Å². The molecule has 2 N–H and O–H groups in total. The zero-order valence-electron chi connectivity index (χ0n) is 12.0. The lowest BCUT2D eigenvalue weighted by molar-refractivity contribution is -0.118. The average molecular weight is 326 g/mol. The van der Waals surface area contributed by atoms with E-state index in [4.69, 9.17) is 4.74 Å². The molecule has 1 atom stereocenters. The lowest BCUT2D eigenvalue weighted by Crippen LogP contribution is -2.40. The Bertz CT molecular complexity index is 688. The van der Waals surface area contributed by atoms with Gasteiger partial charge in [0.2, 0.25) is 10.0 Å². The number of ether oxygens (including phenoxy) is 1. The molecule has 0 aliphatic carbocycles. The number of nitrogens with zero attached hydrogens (tertiary/aromatic N) is 1. The molecule has 0 saturated carbocycles. The van der Waals surface area contributed by atoms with E-state index < -0.39 is 10.0 Å². The van der Waals surface area contributed by atoms with Crippen molar-refractivity contribution in [3.05, 3.63) is 18.2 Å². The number of carbonyl (C=O) groups excluding carboxylic acids is 1. The number of fused-ring (bicyclic) bond motifs is 1. The minimum atomic E-state index is -3.64. The predicted molar refractivity (Wildman–Crippen MR) is 79.1 cm³/mol. The highest BCUT2D eigenvalue weighted by Gasteiger charge is 2.31. The Morgan fingerprint density at radius 1 is 1.41 bits per heavy atom. The van der Waals surface area contributed by atoms with Gasteiger partial charge in [0.15, 0.2) is 6.61 Å². The summed E-state index contributed by atoms with van der Waals surface area (Å²) in [4.78, 5) is 11.5. The first kappa shape index (κ1) is 15.3. The van der Waals surface area contributed by atoms with Crippen LogP contribution in [0.4, 0.5) is 5.69 Å². The van der Waals surface area contributed by atoms with Gasteiger partial charge in [-0.05, 0) is 37.0 Å². The average Bonchev–Trinajstić information content (AvgIpc) is 2.54. The van der Waals surface area contributed by atoms with Gasteiger partial charge >= 0.3 is 0 Å². The lowest BCUT2D eigenvalue weighted by atomic mass is 10.0. The summed E-state index contributed by atoms with van der Waals surface area (Å²) in [5, 5.41) is 11.9. The standard InChI is InChI=1S/C14H18N2O5S/c17-8-10-2-1-5-16(7-10)22(19,20)11-3-4-13-12(6-11)15-14(18)9-21-13/h3-4,6,10,17H,1-2,5,7-9H2,(H,15,18)/t10-/m0/s1. The molecule has 1 fully saturated rings. The molecule has 120 valence electrons. The summed E-state index contributed by atoms with van der Waals surface area (Å²) in [5.74, 6) is 0.134. The topological polar surface area (TPSA) is 95.9 Å². The number of amides is 1. The van der Waals surface area contributed by atoms with Crippen molar-refractivity contribution < 1.29 is 23.1 Å². The molecule has 2 aliphatic rings. The van der Waals surface area contributed by atoms with Crippen LogP contribution in [0.5, 0.6) is 5.75 Å². The van der Waals surface area contributed by atoms with Crippen molar-refractivity contribution >= 4 is 21.6 Å². The van der Waals surface area contributed by atoms with Gasteiger partial charge in [-0.15, -0.1) is 0 Å². The number of hydrogen-bond donors (Lipinski definition) is 2. The zero-order valence-corrected chi connectivity index (χ0v) is 12.8. The van der Waals surface area contributed by atoms with Gasteiger partial charge in [-0.3, -0.25) is 4.79 Å². The van der Waals surface area contributed by atoms with Crippen LogP contribution in [0.3, 0.4) is 0 Å². The van der Waals surface area contributed by atoms with E-state index in [1.165, 1.54) is 16.4 Å². The number of hydrogen-bond acceptors (Lipinski definition) is 5. The summed E-state index contributed by atoms with van der Waals surface area (Å²) in [6.07, 6.45) is 1.56. The van der Waals surface area contributed by atoms with Crippen molar-refractivity contribution in [1.82, 2.24) is 4.31 Å². The van der Waals surface area contributed by atoms with E-state index in [1.54, 1.807) is 6.07 Å². The van der Waals surface area contributed by atoms with Gasteiger partial charge in [0.1, 0.15) is 5.75 Å². The van der Waals surface area contributed by atoms with Crippen molar-refractivity contribution in [2.45, 2.75) is 17.7 Å². The van der Waals surface area contributed by atoms with E-state index in [0.29, 0.717) is 24.5 Å². The Balaban J connectivity index is 1.89. The molecule has 1 aromatic rings. The van der Waals surface area contributed by atoms with Gasteiger partial charge in [-0.2, -0.15) is 4.31 Å². The molecule has 0 spiro atoms. The third-order valence-corrected chi connectivity index (χ3v) is 5.82. The number of anilines is 1. The van der Waals surface area contributed by atoms with Crippen LogP contribution in [0.1, 0.15) is 12.8 Å². The van der Waals surface area contributed by atoms with Crippen molar-refractivity contribution in [3.63, 3.8) is 0 Å². The molecule has 0 radical (unpaired) electrons. The van der Waals surface area contributed by atoms with Crippen LogP contribution in [-0.2, 0) is 14.8 Å². The van der Waals surface area contributed by atoms with Crippen LogP contribution >= 0.6 is 0 Å². The van der Waals surface area contributed by atoms with Gasteiger partial charge in [0, 0.05) is 19.7 Å². The van der Waals surface area contributed by atoms with E-state index in [1.807, 2.05) is 0 Å². The van der Waals surface area contributed by atoms with Crippen LogP contribution in [-0.4, -0.2) is 50.0 Å². The summed E-state index contributed by atoms with van der Waals surface area (Å²) in [5.41, 5.74) is 0.369. The van der Waals surface area contributed by atoms with Gasteiger partial charge in [-0.1, -0.05) is 0 Å². The molecule has 7 nitrogen and oxygen atoms in total. The monoisotopic (exact) mass is 326 g/mol. The first-order valence-corrected chi connectivity index (χ1v) is 8.62. The largest absolute Gasteiger partial charge is 0.482 e. The molecule has 8 heteroatoms. The van der Waals surface area contributed by atoms with Crippen molar-refractivity contribution in [3.8, 4) is 5.75 Å². The summed E-state index contributed by atoms with van der Waals surface area (Å²) in [6, 6.07) is 4.45. The SMILES string of the molecule is O=C1COc2ccc(S(=O)(=O)N3CCC[C@H](CO)C3)cc2N1. The van der Waals surface area contributed by atoms with Gasteiger partial charge < -0.3 is 15.2 Å². The smallest absolute Gasteiger partial charge is 0.262 e. The molecule has 0 aromatic heterocycles. The Morgan fingerprint density at radius 2 is 2.23 bits per heavy atom. The summed E-state index contributed by atoms with van der Waals surface area (Å²) >= 11 is 0. The maximum Gasteiger partial charge on any atom is 0.262 e. The van der Waals surface area contributed by atoms with Gasteiger partial charge in [0.05, 0.1) is 10.6 Å². The fourth-order valence-corrected chi connectivity index (χ4v) is 4.35. The second-order valence-corrected chi connectivity index (χ2v) is 7.49. The van der Waals surface area contributed by atoms with Gasteiger partial charge in [0.25, 0.3) is 5.91 Å². The van der Waals surface area contributed by atoms with Crippen LogP contribution in [0.25, 0.3) is 0 Å². The van der Waals surface area contributed by atoms with Crippen LogP contribution in [0.2, 0.25) is 0 Å². The lowest BCUT2D eigenvalue weighted by Gasteiger charge is -2.31. The Hall–Kier alpha value is -1.64. The minimum Gasteiger partial charge on any atom is -0.482 e. The maximum absolute atomic E-state index is 12.7. The predicted octanol–water partition coefficient (Wildman–Crippen LogP) is 0.410. The number of piperidine rings is 1. The number of rotatable bonds is 3. The fraction of sp³-hybridized carbons (Fsp3) is 0.500. The number of aliphatic hydroxyl groups is 1. The Kier molecular flexibility index (Phi) is 4.07. The first-order chi connectivity index (χ1) is 10.5. The van der Waals surface area contributed by atoms with E-state index in [2.05, 4.69) is 5.32 Å². The van der Waals surface area contributed by atoms with Crippen LogP contribution < -0.4 is 10.1 Å². The quantitative estimate of drug-likeness (QED) is 0.839. The molecule has 1 amide bonds. The Labute approximate surface area is 128 Å². The highest BCUT2D eigenvalue weighted by molar-refractivity contribution is 7.89. The first-order valence-electron chi connectivity index (χ1n) is 7.18. The zero-order chi connectivity index (χ0) is 15.7. The van der Waals surface area contributed by atoms with Crippen molar-refractivity contribution in [2.24, 2.45) is 5.92 Å². The summed E-state index contributed by atoms with van der Waals surface area (Å²) in [7, 11) is -3.64. The number of sulfonamides is 1. The third-order valence-electron chi connectivity index (χ3n) is 3.96. The normalized spacial score (nSPS) is 22.6. The molecule has 0 unspecified atom stereocenters. The van der Waals surface area contributed by atoms with Gasteiger partial charge in [-0.25, -0.2) is 8.42 Å². The highest BCUT2D eigenvalue weighted by Crippen LogP contribution is 2.32. The van der Waals surface area contributed by atoms with Crippen LogP contribution in [0, 0.1) is 5.92 Å². The summed E-state index contributed by atoms with van der Waals surface area (Å²) < 4.78 is 32.0. The molecule has 1 saturated heterocycles. The number of benzene rings is 1. The molecule has 2 heterocycles. The highest BCUT2D eigenvalue weighted by atomic mass is 32.2. The number of carbonyl (C=O) groups is 1. The Morgan fingerprint density at radius 3 is 3.00 bits per heavy atom. The second-order valence-electron chi connectivity index (χ2n) is 5.55. The molecule has 2 aliphatic heterocycles. The molecule has 1 aromatic carbocycles. The molecular formula is C14H18N2O5S. The molecule has 3 rings (SSSR count). The fourth-order valence-electron chi connectivity index (χ4n) is 2.77. The van der Waals surface area contributed by atoms with E-state index in [0.717, 1.165) is 12.8 Å². The summed E-state index contributed by atoms with van der Waals surface area (Å²) in [6.45, 7) is 0.682. The molecular weight excluding hydrogens is 308 g/mol. The number of aliphatic hydroxyl groups excluding tert-OH is 1. The second kappa shape index (κ2) is 5.86. The van der Waals surface area contributed by atoms with Crippen LogP contribution in [0.15, 0.2) is 23.1 Å². The third kappa shape index (κ3) is 2.81. The minimum absolute atomic E-state index is 0.0138. The van der Waals surface area contributed by atoms with Crippen molar-refractivity contribution in [2.75, 3.05) is 31.6 Å². The van der Waals surface area contributed by atoms with E-state index in [-0.39, 0.29) is 29.9 Å². The van der Waals surface area contributed by atoms with E-state index >= 15 is 0 Å². The number of nitrogens with one attached hydrogen (secondary N) is 1. The molecule has 0 bridgehead atoms. The van der Waals surface area contributed by atoms with Crippen molar-refractivity contribution in [1.29, 1.82) is 0 Å². The molecule has 22 heavy (non-hydrogen) atoms.